The van der Waals surface area contributed by atoms with E-state index in [-0.39, 0.29) is 11.2 Å². The molecule has 134 valence electrons. The molecule has 1 heterocycles. The van der Waals surface area contributed by atoms with E-state index in [0.717, 1.165) is 47.3 Å². The van der Waals surface area contributed by atoms with Gasteiger partial charge in [0.15, 0.2) is 0 Å². The van der Waals surface area contributed by atoms with E-state index < -0.39 is 0 Å². The molecule has 6 nitrogen and oxygen atoms in total. The number of hydrogen-bond acceptors (Lipinski definition) is 6. The number of fused-ring (bicyclic) bond motifs is 3. The summed E-state index contributed by atoms with van der Waals surface area (Å²) in [6.07, 6.45) is 4.88. The van der Waals surface area contributed by atoms with Gasteiger partial charge in [0.05, 0.1) is 23.9 Å². The van der Waals surface area contributed by atoms with Crippen LogP contribution >= 0.6 is 0 Å². The zero-order chi connectivity index (χ0) is 18.5. The Morgan fingerprint density at radius 3 is 2.81 bits per heavy atom. The van der Waals surface area contributed by atoms with E-state index in [1.807, 2.05) is 6.07 Å². The quantitative estimate of drug-likeness (QED) is 0.880. The van der Waals surface area contributed by atoms with Gasteiger partial charge in [0.25, 0.3) is 0 Å². The van der Waals surface area contributed by atoms with Gasteiger partial charge < -0.3 is 15.7 Å². The van der Waals surface area contributed by atoms with Crippen molar-refractivity contribution in [2.24, 2.45) is 0 Å². The zero-order valence-electron chi connectivity index (χ0n) is 15.2. The number of nitrogens with zero attached hydrogens (tertiary/aromatic N) is 4. The number of aromatic nitrogens is 2. The van der Waals surface area contributed by atoms with Gasteiger partial charge in [-0.1, -0.05) is 13.8 Å². The summed E-state index contributed by atoms with van der Waals surface area (Å²) in [5.74, 6) is 0.790. The van der Waals surface area contributed by atoms with Gasteiger partial charge in [0.1, 0.15) is 17.9 Å². The number of rotatable bonds is 4. The summed E-state index contributed by atoms with van der Waals surface area (Å²) in [4.78, 5) is 10.9. The van der Waals surface area contributed by atoms with Crippen LogP contribution in [0.15, 0.2) is 18.5 Å². The van der Waals surface area contributed by atoms with Gasteiger partial charge in [-0.25, -0.2) is 9.97 Å². The third kappa shape index (κ3) is 2.55. The van der Waals surface area contributed by atoms with E-state index in [1.165, 1.54) is 6.33 Å². The molecule has 0 aliphatic heterocycles. The summed E-state index contributed by atoms with van der Waals surface area (Å²) in [7, 11) is 0. The Bertz CT molecular complexity index is 911. The Morgan fingerprint density at radius 2 is 2.12 bits per heavy atom. The van der Waals surface area contributed by atoms with Gasteiger partial charge in [-0.2, -0.15) is 5.26 Å². The zero-order valence-corrected chi connectivity index (χ0v) is 15.2. The van der Waals surface area contributed by atoms with Gasteiger partial charge in [-0.3, -0.25) is 0 Å². The first kappa shape index (κ1) is 16.6. The average Bonchev–Trinajstić information content (AvgIpc) is 3.41. The molecule has 0 unspecified atom stereocenters. The summed E-state index contributed by atoms with van der Waals surface area (Å²) in [6, 6.07) is 6.29. The topological polar surface area (TPSA) is 99.1 Å². The van der Waals surface area contributed by atoms with Crippen molar-refractivity contribution >= 4 is 11.5 Å². The Kier molecular flexibility index (Phi) is 3.76. The Balaban J connectivity index is 1.93. The first-order chi connectivity index (χ1) is 12.4. The van der Waals surface area contributed by atoms with Crippen LogP contribution in [0.4, 0.5) is 11.5 Å². The normalized spacial score (nSPS) is 17.1. The van der Waals surface area contributed by atoms with Crippen LogP contribution in [0.1, 0.15) is 44.2 Å². The van der Waals surface area contributed by atoms with Crippen LogP contribution in [-0.2, 0) is 11.8 Å². The monoisotopic (exact) mass is 349 g/mol. The van der Waals surface area contributed by atoms with Gasteiger partial charge in [0.2, 0.25) is 0 Å². The molecule has 26 heavy (non-hydrogen) atoms. The van der Waals surface area contributed by atoms with Crippen molar-refractivity contribution < 1.29 is 5.11 Å². The molecule has 0 amide bonds. The summed E-state index contributed by atoms with van der Waals surface area (Å²) < 4.78 is 0. The van der Waals surface area contributed by atoms with E-state index in [9.17, 15) is 5.11 Å². The predicted octanol–water partition coefficient (Wildman–Crippen LogP) is 3.15. The van der Waals surface area contributed by atoms with Crippen LogP contribution in [-0.4, -0.2) is 27.7 Å². The van der Waals surface area contributed by atoms with Gasteiger partial charge in [-0.15, -0.1) is 0 Å². The summed E-state index contributed by atoms with van der Waals surface area (Å²) in [5, 5.41) is 19.7. The Morgan fingerprint density at radius 1 is 1.35 bits per heavy atom. The number of benzene rings is 1. The molecule has 1 fully saturated rings. The molecule has 1 aromatic carbocycles. The third-order valence-corrected chi connectivity index (χ3v) is 5.43. The van der Waals surface area contributed by atoms with Crippen molar-refractivity contribution in [1.82, 2.24) is 9.97 Å². The standard InChI is InChI=1S/C20H23N5O/c1-20(2)10-14-13(17-16(20)19(22)24-11-23-17)6-7-15(26)18(14)25(9-3-8-21)12-4-5-12/h6-7,11-12,26H,3-5,9-10H2,1-2H3,(H2,22,23,24). The number of phenols is 1. The van der Waals surface area contributed by atoms with Gasteiger partial charge >= 0.3 is 0 Å². The Labute approximate surface area is 153 Å². The molecule has 3 N–H and O–H groups in total. The molecule has 2 aliphatic carbocycles. The van der Waals surface area contributed by atoms with Crippen LogP contribution in [0, 0.1) is 11.3 Å². The predicted molar refractivity (Wildman–Crippen MR) is 101 cm³/mol. The fourth-order valence-electron chi connectivity index (χ4n) is 4.18. The minimum absolute atomic E-state index is 0.235. The molecule has 2 aliphatic rings. The lowest BCUT2D eigenvalue weighted by Gasteiger charge is -2.37. The van der Waals surface area contributed by atoms with E-state index >= 15 is 0 Å². The summed E-state index contributed by atoms with van der Waals surface area (Å²) in [5.41, 5.74) is 10.7. The molecule has 6 heteroatoms. The first-order valence-corrected chi connectivity index (χ1v) is 9.04. The van der Waals surface area contributed by atoms with Crippen LogP contribution in [0.2, 0.25) is 0 Å². The summed E-state index contributed by atoms with van der Waals surface area (Å²) in [6.45, 7) is 4.91. The van der Waals surface area contributed by atoms with E-state index in [1.54, 1.807) is 6.07 Å². The van der Waals surface area contributed by atoms with Crippen molar-refractivity contribution in [3.05, 3.63) is 29.6 Å². The molecule has 0 spiro atoms. The van der Waals surface area contributed by atoms with Crippen LogP contribution in [0.3, 0.4) is 0 Å². The fraction of sp³-hybridized carbons (Fsp3) is 0.450. The minimum atomic E-state index is -0.235. The third-order valence-electron chi connectivity index (χ3n) is 5.43. The molecule has 4 rings (SSSR count). The van der Waals surface area contributed by atoms with Gasteiger partial charge in [0, 0.05) is 23.7 Å². The molecule has 0 saturated heterocycles. The van der Waals surface area contributed by atoms with E-state index in [2.05, 4.69) is 34.8 Å². The molecule has 0 radical (unpaired) electrons. The number of nitriles is 1. The lowest BCUT2D eigenvalue weighted by molar-refractivity contribution is 0.468. The van der Waals surface area contributed by atoms with Crippen molar-refractivity contribution in [3.8, 4) is 23.1 Å². The van der Waals surface area contributed by atoms with Crippen molar-refractivity contribution in [1.29, 1.82) is 5.26 Å². The molecule has 0 bridgehead atoms. The number of anilines is 2. The van der Waals surface area contributed by atoms with Crippen molar-refractivity contribution in [3.63, 3.8) is 0 Å². The lowest BCUT2D eigenvalue weighted by Crippen LogP contribution is -2.32. The van der Waals surface area contributed by atoms with Crippen LogP contribution < -0.4 is 10.6 Å². The molecular formula is C20H23N5O. The lowest BCUT2D eigenvalue weighted by atomic mass is 9.71. The molecule has 2 aromatic rings. The molecule has 0 atom stereocenters. The maximum Gasteiger partial charge on any atom is 0.139 e. The summed E-state index contributed by atoms with van der Waals surface area (Å²) >= 11 is 0. The number of aromatic hydroxyl groups is 1. The average molecular weight is 349 g/mol. The second-order valence-electron chi connectivity index (χ2n) is 7.84. The SMILES string of the molecule is CC1(C)Cc2c(ccc(O)c2N(CCC#N)C2CC2)-c2ncnc(N)c21. The van der Waals surface area contributed by atoms with Crippen LogP contribution in [0.25, 0.3) is 11.3 Å². The van der Waals surface area contributed by atoms with Crippen LogP contribution in [0.5, 0.6) is 5.75 Å². The van der Waals surface area contributed by atoms with Gasteiger partial charge in [-0.05, 0) is 42.4 Å². The van der Waals surface area contributed by atoms with Crippen molar-refractivity contribution in [2.75, 3.05) is 17.2 Å². The Hall–Kier alpha value is -2.81. The molecule has 1 aromatic heterocycles. The molecule has 1 saturated carbocycles. The second-order valence-corrected chi connectivity index (χ2v) is 7.84. The fourth-order valence-corrected chi connectivity index (χ4v) is 4.18. The number of nitrogen functional groups attached to an aromatic ring is 1. The molecular weight excluding hydrogens is 326 g/mol. The second kappa shape index (κ2) is 5.87. The smallest absolute Gasteiger partial charge is 0.139 e. The maximum atomic E-state index is 10.7. The largest absolute Gasteiger partial charge is 0.506 e. The first-order valence-electron chi connectivity index (χ1n) is 9.04. The number of phenolic OH excluding ortho intramolecular Hbond substituents is 1. The van der Waals surface area contributed by atoms with Crippen molar-refractivity contribution in [2.45, 2.75) is 51.0 Å². The number of hydrogen-bond donors (Lipinski definition) is 2. The van der Waals surface area contributed by atoms with E-state index in [4.69, 9.17) is 11.0 Å². The maximum absolute atomic E-state index is 10.7. The highest BCUT2D eigenvalue weighted by atomic mass is 16.3. The van der Waals surface area contributed by atoms with E-state index in [0.29, 0.717) is 24.8 Å². The highest BCUT2D eigenvalue weighted by Crippen LogP contribution is 2.50. The number of nitrogens with two attached hydrogens (primary N) is 1. The minimum Gasteiger partial charge on any atom is -0.506 e. The highest BCUT2D eigenvalue weighted by molar-refractivity contribution is 5.83. The highest BCUT2D eigenvalue weighted by Gasteiger charge is 2.39.